The average molecular weight is 335 g/mol. The van der Waals surface area contributed by atoms with Crippen LogP contribution in [0.25, 0.3) is 10.2 Å². The fraction of sp³-hybridized carbons (Fsp3) is 0.562. The number of nitrogens with zero attached hydrogens (tertiary/aromatic N) is 1. The zero-order chi connectivity index (χ0) is 16.6. The van der Waals surface area contributed by atoms with Gasteiger partial charge in [-0.15, -0.1) is 11.3 Å². The van der Waals surface area contributed by atoms with Crippen molar-refractivity contribution in [3.8, 4) is 0 Å². The number of hydrogen-bond donors (Lipinski definition) is 3. The number of nitrogens with one attached hydrogen (secondary N) is 2. The molecule has 0 radical (unpaired) electrons. The Balaban J connectivity index is 1.63. The third-order valence-corrected chi connectivity index (χ3v) is 5.73. The molecule has 0 atom stereocenters. The first kappa shape index (κ1) is 16.1. The monoisotopic (exact) mass is 335 g/mol. The molecular weight excluding hydrogens is 314 g/mol. The number of carbonyl (C=O) groups is 1. The molecule has 3 rings (SSSR count). The highest BCUT2D eigenvalue weighted by Crippen LogP contribution is 2.44. The van der Waals surface area contributed by atoms with E-state index in [0.717, 1.165) is 28.1 Å². The second-order valence-corrected chi connectivity index (χ2v) is 7.61. The molecule has 1 fully saturated rings. The number of aryl methyl sites for hydroxylation is 3. The molecule has 0 aliphatic heterocycles. The van der Waals surface area contributed by atoms with Crippen LogP contribution in [0.1, 0.15) is 35.5 Å². The minimum atomic E-state index is -0.135. The Labute approximate surface area is 138 Å². The van der Waals surface area contributed by atoms with Crippen LogP contribution in [0.15, 0.2) is 4.79 Å². The standard InChI is InChI=1S/C16H21N3O3S/c1-9-10(2)23-15-13(9)14(22)18-11(19-15)3-4-12(21)17-7-16(8-20)5-6-16/h20H,3-8H2,1-2H3,(H,17,21)(H,18,19,22). The van der Waals surface area contributed by atoms with Crippen LogP contribution >= 0.6 is 11.3 Å². The number of rotatable bonds is 6. The SMILES string of the molecule is Cc1sc2nc(CCC(=O)NCC3(CO)CC3)[nH]c(=O)c2c1C. The van der Waals surface area contributed by atoms with Crippen LogP contribution in [0, 0.1) is 19.3 Å². The third kappa shape index (κ3) is 3.30. The van der Waals surface area contributed by atoms with Gasteiger partial charge in [0.15, 0.2) is 0 Å². The lowest BCUT2D eigenvalue weighted by atomic mass is 10.1. The summed E-state index contributed by atoms with van der Waals surface area (Å²) >= 11 is 1.51. The van der Waals surface area contributed by atoms with Crippen LogP contribution in [0.3, 0.4) is 0 Å². The van der Waals surface area contributed by atoms with Crippen molar-refractivity contribution in [3.05, 3.63) is 26.6 Å². The number of thiophene rings is 1. The Hall–Kier alpha value is -1.73. The van der Waals surface area contributed by atoms with Crippen LogP contribution in [-0.4, -0.2) is 34.1 Å². The van der Waals surface area contributed by atoms with Gasteiger partial charge < -0.3 is 15.4 Å². The molecule has 1 aliphatic rings. The summed E-state index contributed by atoms with van der Waals surface area (Å²) in [5.74, 6) is 0.466. The smallest absolute Gasteiger partial charge is 0.259 e. The summed E-state index contributed by atoms with van der Waals surface area (Å²) in [6.45, 7) is 4.54. The molecule has 2 heterocycles. The van der Waals surface area contributed by atoms with Crippen molar-refractivity contribution in [1.29, 1.82) is 0 Å². The van der Waals surface area contributed by atoms with Gasteiger partial charge in [-0.25, -0.2) is 4.98 Å². The van der Waals surface area contributed by atoms with Gasteiger partial charge in [0.2, 0.25) is 5.91 Å². The lowest BCUT2D eigenvalue weighted by molar-refractivity contribution is -0.121. The molecule has 0 unspecified atom stereocenters. The van der Waals surface area contributed by atoms with Gasteiger partial charge in [-0.2, -0.15) is 0 Å². The van der Waals surface area contributed by atoms with Gasteiger partial charge in [0.25, 0.3) is 5.56 Å². The number of aliphatic hydroxyl groups is 1. The Bertz CT molecular complexity index is 805. The lowest BCUT2D eigenvalue weighted by Gasteiger charge is -2.12. The Morgan fingerprint density at radius 3 is 2.83 bits per heavy atom. The summed E-state index contributed by atoms with van der Waals surface area (Å²) in [5.41, 5.74) is 0.749. The molecule has 2 aromatic rings. The predicted octanol–water partition coefficient (Wildman–Crippen LogP) is 1.42. The number of aliphatic hydroxyl groups excluding tert-OH is 1. The summed E-state index contributed by atoms with van der Waals surface area (Å²) in [4.78, 5) is 33.1. The molecule has 1 saturated carbocycles. The van der Waals surface area contributed by atoms with E-state index in [0.29, 0.717) is 24.2 Å². The third-order valence-electron chi connectivity index (χ3n) is 4.63. The Morgan fingerprint density at radius 2 is 2.17 bits per heavy atom. The van der Waals surface area contributed by atoms with Crippen molar-refractivity contribution in [2.24, 2.45) is 5.41 Å². The number of amides is 1. The largest absolute Gasteiger partial charge is 0.396 e. The van der Waals surface area contributed by atoms with E-state index < -0.39 is 0 Å². The van der Waals surface area contributed by atoms with Gasteiger partial charge in [-0.05, 0) is 32.3 Å². The summed E-state index contributed by atoms with van der Waals surface area (Å²) in [6.07, 6.45) is 2.61. The maximum Gasteiger partial charge on any atom is 0.259 e. The number of aromatic amines is 1. The van der Waals surface area contributed by atoms with Crippen molar-refractivity contribution in [3.63, 3.8) is 0 Å². The molecule has 0 aromatic carbocycles. The van der Waals surface area contributed by atoms with Crippen molar-refractivity contribution in [1.82, 2.24) is 15.3 Å². The number of fused-ring (bicyclic) bond motifs is 1. The first-order valence-corrected chi connectivity index (χ1v) is 8.62. The van der Waals surface area contributed by atoms with Gasteiger partial charge in [0, 0.05) is 29.7 Å². The molecule has 1 amide bonds. The highest BCUT2D eigenvalue weighted by Gasteiger charge is 2.41. The van der Waals surface area contributed by atoms with Crippen molar-refractivity contribution in [2.45, 2.75) is 39.5 Å². The summed E-state index contributed by atoms with van der Waals surface area (Å²) < 4.78 is 0. The van der Waals surface area contributed by atoms with E-state index in [4.69, 9.17) is 0 Å². The van der Waals surface area contributed by atoms with E-state index >= 15 is 0 Å². The van der Waals surface area contributed by atoms with Crippen LogP contribution < -0.4 is 10.9 Å². The van der Waals surface area contributed by atoms with Gasteiger partial charge >= 0.3 is 0 Å². The van der Waals surface area contributed by atoms with Gasteiger partial charge in [0.1, 0.15) is 10.7 Å². The minimum absolute atomic E-state index is 0.0778. The van der Waals surface area contributed by atoms with E-state index in [-0.39, 0.29) is 29.9 Å². The lowest BCUT2D eigenvalue weighted by Crippen LogP contribution is -2.32. The molecule has 6 nitrogen and oxygen atoms in total. The van der Waals surface area contributed by atoms with Crippen LogP contribution in [0.5, 0.6) is 0 Å². The minimum Gasteiger partial charge on any atom is -0.396 e. The maximum absolute atomic E-state index is 12.2. The summed E-state index contributed by atoms with van der Waals surface area (Å²) in [5, 5.41) is 12.7. The molecule has 3 N–H and O–H groups in total. The van der Waals surface area contributed by atoms with E-state index in [2.05, 4.69) is 15.3 Å². The molecular formula is C16H21N3O3S. The van der Waals surface area contributed by atoms with Gasteiger partial charge in [0.05, 0.1) is 12.0 Å². The Kier molecular flexibility index (Phi) is 4.25. The number of hydrogen-bond acceptors (Lipinski definition) is 5. The van der Waals surface area contributed by atoms with Crippen LogP contribution in [-0.2, 0) is 11.2 Å². The molecule has 2 aromatic heterocycles. The zero-order valence-electron chi connectivity index (χ0n) is 13.4. The van der Waals surface area contributed by atoms with E-state index in [9.17, 15) is 14.7 Å². The molecule has 23 heavy (non-hydrogen) atoms. The van der Waals surface area contributed by atoms with Crippen LogP contribution in [0.2, 0.25) is 0 Å². The molecule has 0 saturated heterocycles. The van der Waals surface area contributed by atoms with E-state index in [1.807, 2.05) is 13.8 Å². The number of aromatic nitrogens is 2. The second kappa shape index (κ2) is 6.05. The topological polar surface area (TPSA) is 95.1 Å². The first-order valence-electron chi connectivity index (χ1n) is 7.80. The summed E-state index contributed by atoms with van der Waals surface area (Å²) in [7, 11) is 0. The zero-order valence-corrected chi connectivity index (χ0v) is 14.2. The fourth-order valence-electron chi connectivity index (χ4n) is 2.59. The summed E-state index contributed by atoms with van der Waals surface area (Å²) in [6, 6.07) is 0. The van der Waals surface area contributed by atoms with E-state index in [1.165, 1.54) is 11.3 Å². The molecule has 0 spiro atoms. The fourth-order valence-corrected chi connectivity index (χ4v) is 3.64. The van der Waals surface area contributed by atoms with Gasteiger partial charge in [-0.3, -0.25) is 9.59 Å². The molecule has 7 heteroatoms. The first-order chi connectivity index (χ1) is 10.9. The Morgan fingerprint density at radius 1 is 1.43 bits per heavy atom. The molecule has 124 valence electrons. The number of H-pyrrole nitrogens is 1. The normalized spacial score (nSPS) is 15.8. The molecule has 0 bridgehead atoms. The molecule has 1 aliphatic carbocycles. The van der Waals surface area contributed by atoms with Crippen molar-refractivity contribution < 1.29 is 9.90 Å². The number of carbonyl (C=O) groups excluding carboxylic acids is 1. The highest BCUT2D eigenvalue weighted by atomic mass is 32.1. The maximum atomic E-state index is 12.2. The van der Waals surface area contributed by atoms with E-state index in [1.54, 1.807) is 0 Å². The predicted molar refractivity (Wildman–Crippen MR) is 89.8 cm³/mol. The second-order valence-electron chi connectivity index (χ2n) is 6.41. The highest BCUT2D eigenvalue weighted by molar-refractivity contribution is 7.18. The van der Waals surface area contributed by atoms with Crippen molar-refractivity contribution >= 4 is 27.5 Å². The van der Waals surface area contributed by atoms with Gasteiger partial charge in [-0.1, -0.05) is 0 Å². The average Bonchev–Trinajstić information content (AvgIpc) is 3.25. The quantitative estimate of drug-likeness (QED) is 0.744. The van der Waals surface area contributed by atoms with Crippen molar-refractivity contribution in [2.75, 3.05) is 13.2 Å². The van der Waals surface area contributed by atoms with Crippen LogP contribution in [0.4, 0.5) is 0 Å².